The Morgan fingerprint density at radius 1 is 1.08 bits per heavy atom. The zero-order valence-electron chi connectivity index (χ0n) is 28.2. The highest BCUT2D eigenvalue weighted by atomic mass is 35.5. The van der Waals surface area contributed by atoms with Gasteiger partial charge in [-0.05, 0) is 79.5 Å². The molecule has 0 fully saturated rings. The highest BCUT2D eigenvalue weighted by molar-refractivity contribution is 6.30. The first-order chi connectivity index (χ1) is 24.4. The van der Waals surface area contributed by atoms with Gasteiger partial charge in [0.25, 0.3) is 6.47 Å². The standard InChI is InChI=1S/C31H34ClFN4O.C2HF3O2.CHF3.CH2O2/c1-20(27-17-34-28-7-5-4-6-26(27)28)30(35-16-21-8-11-25(33)12-9-21)31(38)37-19-22(18-36(2)3)14-23-15-24(32)10-13-29(23)37;3-2(4,5)1(6)7;2-1(3)4;2-1-3/h4-13,15,17,20,22,30,34-35H,14,16,18-19H2,1-3H3;(H,6,7);1H;1H,(H,2,3)/t20?,22-,30?;;;/m1.../s1. The molecule has 0 bridgehead atoms. The Labute approximate surface area is 300 Å². The van der Waals surface area contributed by atoms with Crippen LogP contribution in [0.5, 0.6) is 0 Å². The Morgan fingerprint density at radius 3 is 2.21 bits per heavy atom. The highest BCUT2D eigenvalue weighted by Crippen LogP contribution is 2.35. The van der Waals surface area contributed by atoms with Crippen molar-refractivity contribution in [2.75, 3.05) is 32.1 Å². The second-order valence-corrected chi connectivity index (χ2v) is 12.2. The van der Waals surface area contributed by atoms with Gasteiger partial charge in [-0.25, -0.2) is 9.18 Å². The van der Waals surface area contributed by atoms with Crippen molar-refractivity contribution in [3.63, 3.8) is 0 Å². The number of rotatable bonds is 8. The third-order valence-corrected chi connectivity index (χ3v) is 7.97. The third kappa shape index (κ3) is 13.5. The lowest BCUT2D eigenvalue weighted by atomic mass is 9.88. The van der Waals surface area contributed by atoms with E-state index in [4.69, 9.17) is 31.4 Å². The van der Waals surface area contributed by atoms with Crippen LogP contribution in [0.15, 0.2) is 72.9 Å². The number of nitrogens with one attached hydrogen (secondary N) is 2. The van der Waals surface area contributed by atoms with Crippen LogP contribution < -0.4 is 10.2 Å². The van der Waals surface area contributed by atoms with Gasteiger partial charge in [-0.15, -0.1) is 0 Å². The summed E-state index contributed by atoms with van der Waals surface area (Å²) in [6.45, 7) is 0.147. The molecule has 0 saturated heterocycles. The van der Waals surface area contributed by atoms with Crippen molar-refractivity contribution < 1.29 is 55.3 Å². The first kappa shape index (κ1) is 43.5. The molecular formula is C35H38ClF7N4O5. The number of carbonyl (C=O) groups is 3. The number of aromatic nitrogens is 1. The molecule has 1 aliphatic heterocycles. The van der Waals surface area contributed by atoms with E-state index in [1.807, 2.05) is 47.5 Å². The number of nitrogens with zero attached hydrogens (tertiary/aromatic N) is 2. The maximum absolute atomic E-state index is 14.5. The molecule has 1 aliphatic rings. The summed E-state index contributed by atoms with van der Waals surface area (Å²) in [5, 5.41) is 19.3. The van der Waals surface area contributed by atoms with E-state index in [2.05, 4.69) is 42.3 Å². The Balaban J connectivity index is 0.000000572. The van der Waals surface area contributed by atoms with Gasteiger partial charge >= 0.3 is 18.8 Å². The van der Waals surface area contributed by atoms with Crippen LogP contribution in [0.3, 0.4) is 0 Å². The molecule has 3 atom stereocenters. The summed E-state index contributed by atoms with van der Waals surface area (Å²) >= 11 is 6.37. The zero-order chi connectivity index (χ0) is 39.2. The smallest absolute Gasteiger partial charge is 0.483 e. The monoisotopic (exact) mass is 762 g/mol. The van der Waals surface area contributed by atoms with Crippen LogP contribution in [0, 0.1) is 11.7 Å². The predicted molar refractivity (Wildman–Crippen MR) is 183 cm³/mol. The largest absolute Gasteiger partial charge is 0.490 e. The Kier molecular flexibility index (Phi) is 17.1. The van der Waals surface area contributed by atoms with Crippen molar-refractivity contribution in [2.24, 2.45) is 5.92 Å². The average Bonchev–Trinajstić information content (AvgIpc) is 3.49. The Bertz CT molecular complexity index is 1740. The topological polar surface area (TPSA) is 126 Å². The van der Waals surface area contributed by atoms with Crippen molar-refractivity contribution >= 4 is 46.5 Å². The molecular weight excluding hydrogens is 725 g/mol. The van der Waals surface area contributed by atoms with E-state index in [0.29, 0.717) is 24.0 Å². The molecule has 0 aliphatic carbocycles. The number of amides is 1. The SMILES string of the molecule is CC(c1c[nH]c2ccccc12)C(NCc1ccc(F)cc1)C(=O)N1C[C@@H](CN(C)C)Cc2cc(Cl)ccc21.FC(F)F.O=C(O)C(F)(F)F.O=CO. The van der Waals surface area contributed by atoms with Gasteiger partial charge in [0, 0.05) is 53.4 Å². The summed E-state index contributed by atoms with van der Waals surface area (Å²) in [7, 11) is 4.12. The van der Waals surface area contributed by atoms with Gasteiger partial charge < -0.3 is 30.3 Å². The minimum absolute atomic E-state index is 0.0249. The molecule has 5 rings (SSSR count). The van der Waals surface area contributed by atoms with Crippen LogP contribution in [-0.4, -0.2) is 84.5 Å². The third-order valence-electron chi connectivity index (χ3n) is 7.73. The van der Waals surface area contributed by atoms with E-state index in [1.54, 1.807) is 12.1 Å². The van der Waals surface area contributed by atoms with Crippen LogP contribution >= 0.6 is 11.6 Å². The fourth-order valence-corrected chi connectivity index (χ4v) is 5.88. The number of H-pyrrole nitrogens is 1. The van der Waals surface area contributed by atoms with Gasteiger partial charge in [0.1, 0.15) is 5.82 Å². The molecule has 52 heavy (non-hydrogen) atoms. The molecule has 284 valence electrons. The fourth-order valence-electron chi connectivity index (χ4n) is 5.69. The van der Waals surface area contributed by atoms with Crippen LogP contribution in [-0.2, 0) is 27.3 Å². The van der Waals surface area contributed by atoms with E-state index in [9.17, 15) is 35.5 Å². The molecule has 1 aromatic heterocycles. The van der Waals surface area contributed by atoms with Gasteiger partial charge in [-0.2, -0.15) is 26.3 Å². The lowest BCUT2D eigenvalue weighted by Crippen LogP contribution is -2.52. The molecule has 0 spiro atoms. The fraction of sp³-hybridized carbons (Fsp3) is 0.343. The lowest BCUT2D eigenvalue weighted by Gasteiger charge is -2.39. The van der Waals surface area contributed by atoms with Gasteiger partial charge in [0.05, 0.1) is 6.04 Å². The summed E-state index contributed by atoms with van der Waals surface area (Å²) in [4.78, 5) is 39.2. The first-order valence-electron chi connectivity index (χ1n) is 15.5. The minimum Gasteiger partial charge on any atom is -0.483 e. The first-order valence-corrected chi connectivity index (χ1v) is 15.9. The number of hydrogen-bond donors (Lipinski definition) is 4. The quantitative estimate of drug-likeness (QED) is 0.108. The number of aliphatic carboxylic acids is 1. The Morgan fingerprint density at radius 2 is 1.65 bits per heavy atom. The van der Waals surface area contributed by atoms with Gasteiger partial charge in [-0.1, -0.05) is 48.9 Å². The molecule has 0 radical (unpaired) electrons. The van der Waals surface area contributed by atoms with E-state index in [1.165, 1.54) is 12.1 Å². The number of benzene rings is 3. The predicted octanol–water partition coefficient (Wildman–Crippen LogP) is 7.50. The normalized spacial score (nSPS) is 14.9. The van der Waals surface area contributed by atoms with Crippen LogP contribution in [0.2, 0.25) is 5.02 Å². The minimum atomic E-state index is -5.08. The number of hydrogen-bond acceptors (Lipinski definition) is 5. The molecule has 4 aromatic rings. The van der Waals surface area contributed by atoms with Crippen molar-refractivity contribution in [2.45, 2.75) is 44.7 Å². The number of carboxylic acid groups (broad SMARTS) is 2. The van der Waals surface area contributed by atoms with Crippen molar-refractivity contribution in [3.05, 3.63) is 100 Å². The van der Waals surface area contributed by atoms with E-state index < -0.39 is 24.9 Å². The van der Waals surface area contributed by atoms with Gasteiger partial charge in [0.2, 0.25) is 5.91 Å². The van der Waals surface area contributed by atoms with Gasteiger partial charge in [-0.3, -0.25) is 9.59 Å². The molecule has 2 unspecified atom stereocenters. The van der Waals surface area contributed by atoms with E-state index in [-0.39, 0.29) is 24.1 Å². The summed E-state index contributed by atoms with van der Waals surface area (Å²) in [6.07, 6.45) is -2.20. The van der Waals surface area contributed by atoms with E-state index in [0.717, 1.165) is 46.2 Å². The summed E-state index contributed by atoms with van der Waals surface area (Å²) in [5.74, 6) is -2.83. The number of anilines is 1. The number of para-hydroxylation sites is 1. The second kappa shape index (κ2) is 20.4. The van der Waals surface area contributed by atoms with Crippen molar-refractivity contribution in [3.8, 4) is 0 Å². The maximum atomic E-state index is 14.5. The number of halogens is 8. The molecule has 1 amide bonds. The molecule has 9 nitrogen and oxygen atoms in total. The van der Waals surface area contributed by atoms with Crippen LogP contribution in [0.4, 0.5) is 36.4 Å². The molecule has 4 N–H and O–H groups in total. The number of alkyl halides is 6. The number of fused-ring (bicyclic) bond motifs is 2. The molecule has 2 heterocycles. The highest BCUT2D eigenvalue weighted by Gasteiger charge is 2.38. The zero-order valence-corrected chi connectivity index (χ0v) is 28.9. The molecule has 17 heteroatoms. The Hall–Kier alpha value is -4.67. The molecule has 0 saturated carbocycles. The number of aromatic amines is 1. The summed E-state index contributed by atoms with van der Waals surface area (Å²) in [6, 6.07) is 19.9. The average molecular weight is 763 g/mol. The van der Waals surface area contributed by atoms with Gasteiger partial charge in [0.15, 0.2) is 0 Å². The van der Waals surface area contributed by atoms with Crippen molar-refractivity contribution in [1.29, 1.82) is 0 Å². The van der Waals surface area contributed by atoms with Crippen LogP contribution in [0.1, 0.15) is 29.5 Å². The number of carbonyl (C=O) groups excluding carboxylic acids is 1. The summed E-state index contributed by atoms with van der Waals surface area (Å²) in [5.41, 5.74) is 5.08. The maximum Gasteiger partial charge on any atom is 0.490 e. The van der Waals surface area contributed by atoms with E-state index >= 15 is 0 Å². The number of carboxylic acids is 1. The summed E-state index contributed by atoms with van der Waals surface area (Å²) < 4.78 is 74.3. The lowest BCUT2D eigenvalue weighted by molar-refractivity contribution is -0.192. The second-order valence-electron chi connectivity index (χ2n) is 11.8. The van der Waals surface area contributed by atoms with Crippen molar-refractivity contribution in [1.82, 2.24) is 15.2 Å². The molecule has 3 aromatic carbocycles. The van der Waals surface area contributed by atoms with Crippen LogP contribution in [0.25, 0.3) is 10.9 Å².